The number of nitriles is 1. The molecule has 7 nitrogen and oxygen atoms in total. The highest BCUT2D eigenvalue weighted by Gasteiger charge is 2.31. The molecule has 6 rings (SSSR count). The summed E-state index contributed by atoms with van der Waals surface area (Å²) < 4.78 is 7.78. The number of hydrogen-bond acceptors (Lipinski definition) is 4. The fraction of sp³-hybridized carbons (Fsp3) is 0.414. The fourth-order valence-electron chi connectivity index (χ4n) is 5.50. The third-order valence-corrected chi connectivity index (χ3v) is 7.91. The van der Waals surface area contributed by atoms with Gasteiger partial charge in [-0.05, 0) is 87.3 Å². The number of rotatable bonds is 6. The van der Waals surface area contributed by atoms with Crippen molar-refractivity contribution in [2.75, 3.05) is 16.8 Å². The average Bonchev–Trinajstić information content (AvgIpc) is 3.54. The lowest BCUT2D eigenvalue weighted by molar-refractivity contribution is -0.117. The first kappa shape index (κ1) is 22.7. The van der Waals surface area contributed by atoms with E-state index in [2.05, 4.69) is 22.0 Å². The van der Waals surface area contributed by atoms with Crippen molar-refractivity contribution in [2.45, 2.75) is 64.0 Å². The van der Waals surface area contributed by atoms with Crippen LogP contribution in [0, 0.1) is 17.2 Å². The monoisotopic (exact) mass is 482 g/mol. The van der Waals surface area contributed by atoms with Crippen molar-refractivity contribution >= 4 is 34.3 Å². The normalized spacial score (nSPS) is 18.7. The molecule has 3 fully saturated rings. The predicted octanol–water partition coefficient (Wildman–Crippen LogP) is 6.38. The maximum Gasteiger partial charge on any atom is 0.411 e. The molecule has 2 aliphatic carbocycles. The molecule has 2 aromatic carbocycles. The van der Waals surface area contributed by atoms with E-state index in [0.29, 0.717) is 29.6 Å². The molecule has 7 heteroatoms. The van der Waals surface area contributed by atoms with Crippen LogP contribution in [0.2, 0.25) is 0 Å². The molecule has 1 N–H and O–H groups in total. The average molecular weight is 483 g/mol. The van der Waals surface area contributed by atoms with E-state index >= 15 is 0 Å². The molecule has 1 saturated heterocycles. The number of carbonyl (C=O) groups is 2. The highest BCUT2D eigenvalue weighted by molar-refractivity contribution is 6.01. The summed E-state index contributed by atoms with van der Waals surface area (Å²) in [5.74, 6) is 0.644. The van der Waals surface area contributed by atoms with Gasteiger partial charge in [0.25, 0.3) is 0 Å². The zero-order valence-electron chi connectivity index (χ0n) is 20.5. The van der Waals surface area contributed by atoms with Gasteiger partial charge in [0.15, 0.2) is 0 Å². The minimum Gasteiger partial charge on any atom is -0.446 e. The van der Waals surface area contributed by atoms with Crippen LogP contribution in [-0.2, 0) is 9.53 Å². The van der Waals surface area contributed by atoms with Gasteiger partial charge >= 0.3 is 6.09 Å². The number of benzene rings is 2. The first-order valence-corrected chi connectivity index (χ1v) is 13.0. The highest BCUT2D eigenvalue weighted by atomic mass is 16.6. The van der Waals surface area contributed by atoms with Crippen LogP contribution in [0.3, 0.4) is 0 Å². The summed E-state index contributed by atoms with van der Waals surface area (Å²) >= 11 is 0. The third kappa shape index (κ3) is 4.01. The minimum atomic E-state index is -0.438. The van der Waals surface area contributed by atoms with E-state index in [-0.39, 0.29) is 12.0 Å². The first-order chi connectivity index (χ1) is 17.5. The molecular weight excluding hydrogens is 452 g/mol. The lowest BCUT2D eigenvalue weighted by Gasteiger charge is -2.30. The van der Waals surface area contributed by atoms with Crippen molar-refractivity contribution in [1.29, 1.82) is 5.26 Å². The summed E-state index contributed by atoms with van der Waals surface area (Å²) in [6, 6.07) is 16.4. The summed E-state index contributed by atoms with van der Waals surface area (Å²) in [6.45, 7) is 2.68. The lowest BCUT2D eigenvalue weighted by Crippen LogP contribution is -2.23. The van der Waals surface area contributed by atoms with Gasteiger partial charge in [-0.3, -0.25) is 10.1 Å². The number of aromatic nitrogens is 1. The van der Waals surface area contributed by atoms with E-state index in [1.54, 1.807) is 0 Å². The van der Waals surface area contributed by atoms with E-state index in [1.807, 2.05) is 48.2 Å². The molecule has 1 aliphatic heterocycles. The van der Waals surface area contributed by atoms with Crippen LogP contribution >= 0.6 is 0 Å². The van der Waals surface area contributed by atoms with Crippen LogP contribution in [-0.4, -0.2) is 29.2 Å². The molecule has 1 atom stereocenters. The molecule has 0 bridgehead atoms. The van der Waals surface area contributed by atoms with Crippen LogP contribution in [0.4, 0.5) is 16.2 Å². The summed E-state index contributed by atoms with van der Waals surface area (Å²) in [7, 11) is 0. The Hall–Kier alpha value is -3.79. The largest absolute Gasteiger partial charge is 0.446 e. The Labute approximate surface area is 210 Å². The molecule has 3 aromatic rings. The Morgan fingerprint density at radius 1 is 1.11 bits per heavy atom. The molecule has 36 heavy (non-hydrogen) atoms. The topological polar surface area (TPSA) is 87.4 Å². The zero-order chi connectivity index (χ0) is 24.8. The predicted molar refractivity (Wildman–Crippen MR) is 139 cm³/mol. The molecule has 0 spiro atoms. The molecule has 184 valence electrons. The van der Waals surface area contributed by atoms with Gasteiger partial charge < -0.3 is 14.2 Å². The van der Waals surface area contributed by atoms with Crippen molar-refractivity contribution in [3.63, 3.8) is 0 Å². The SMILES string of the molecule is C[C@@H](OC(=O)Nc1ccc(-c2c(C#N)c3ccc(N4CCCC4=O)cc3n2C2CCC2)cc1)C1CC1. The van der Waals surface area contributed by atoms with E-state index in [1.165, 1.54) is 6.42 Å². The number of nitrogens with zero attached hydrogens (tertiary/aromatic N) is 3. The molecule has 2 heterocycles. The summed E-state index contributed by atoms with van der Waals surface area (Å²) in [6.07, 6.45) is 6.50. The smallest absolute Gasteiger partial charge is 0.411 e. The number of amides is 2. The zero-order valence-corrected chi connectivity index (χ0v) is 20.5. The van der Waals surface area contributed by atoms with Crippen LogP contribution in [0.1, 0.15) is 63.5 Å². The Balaban J connectivity index is 1.35. The minimum absolute atomic E-state index is 0.0682. The number of carbonyl (C=O) groups excluding carboxylic acids is 2. The van der Waals surface area contributed by atoms with Gasteiger partial charge in [0, 0.05) is 35.8 Å². The second-order valence-corrected chi connectivity index (χ2v) is 10.3. The van der Waals surface area contributed by atoms with E-state index in [0.717, 1.165) is 66.5 Å². The Morgan fingerprint density at radius 3 is 2.50 bits per heavy atom. The second kappa shape index (κ2) is 9.02. The molecule has 3 aliphatic rings. The summed E-state index contributed by atoms with van der Waals surface area (Å²) in [5.41, 5.74) is 5.04. The van der Waals surface area contributed by atoms with Crippen molar-refractivity contribution in [3.05, 3.63) is 48.0 Å². The Kier molecular flexibility index (Phi) is 5.67. The first-order valence-electron chi connectivity index (χ1n) is 13.0. The molecular formula is C29H30N4O3. The summed E-state index contributed by atoms with van der Waals surface area (Å²) in [4.78, 5) is 26.5. The van der Waals surface area contributed by atoms with Gasteiger partial charge in [0.2, 0.25) is 5.91 Å². The Morgan fingerprint density at radius 2 is 1.89 bits per heavy atom. The third-order valence-electron chi connectivity index (χ3n) is 7.91. The number of fused-ring (bicyclic) bond motifs is 1. The van der Waals surface area contributed by atoms with Gasteiger partial charge in [-0.1, -0.05) is 12.1 Å². The Bertz CT molecular complexity index is 1380. The van der Waals surface area contributed by atoms with Crippen LogP contribution in [0.15, 0.2) is 42.5 Å². The quantitative estimate of drug-likeness (QED) is 0.442. The van der Waals surface area contributed by atoms with Crippen molar-refractivity contribution < 1.29 is 14.3 Å². The second-order valence-electron chi connectivity index (χ2n) is 10.3. The molecule has 0 radical (unpaired) electrons. The van der Waals surface area contributed by atoms with Crippen molar-refractivity contribution in [3.8, 4) is 17.3 Å². The maximum atomic E-state index is 12.4. The van der Waals surface area contributed by atoms with Crippen molar-refractivity contribution in [2.24, 2.45) is 5.92 Å². The van der Waals surface area contributed by atoms with Gasteiger partial charge in [0.05, 0.1) is 16.8 Å². The number of nitrogens with one attached hydrogen (secondary N) is 1. The standard InChI is InChI=1S/C29H30N4O3/c1-18(19-7-8-19)36-29(35)31-21-11-9-20(10-12-21)28-25(17-30)24-14-13-23(32-15-3-6-27(32)34)16-26(24)33(28)22-4-2-5-22/h9-14,16,18-19,22H,2-8,15H2,1H3,(H,31,35)/t18-/m1/s1. The maximum absolute atomic E-state index is 12.4. The van der Waals surface area contributed by atoms with Gasteiger partial charge in [-0.15, -0.1) is 0 Å². The summed E-state index contributed by atoms with van der Waals surface area (Å²) in [5, 5.41) is 13.9. The van der Waals surface area contributed by atoms with Gasteiger partial charge in [-0.2, -0.15) is 5.26 Å². The highest BCUT2D eigenvalue weighted by Crippen LogP contribution is 2.43. The van der Waals surface area contributed by atoms with Crippen LogP contribution in [0.5, 0.6) is 0 Å². The van der Waals surface area contributed by atoms with E-state index in [9.17, 15) is 14.9 Å². The van der Waals surface area contributed by atoms with Gasteiger partial charge in [-0.25, -0.2) is 4.79 Å². The number of hydrogen-bond donors (Lipinski definition) is 1. The number of anilines is 2. The number of ether oxygens (including phenoxy) is 1. The van der Waals surface area contributed by atoms with Crippen LogP contribution in [0.25, 0.3) is 22.2 Å². The van der Waals surface area contributed by atoms with Crippen LogP contribution < -0.4 is 10.2 Å². The van der Waals surface area contributed by atoms with E-state index in [4.69, 9.17) is 4.74 Å². The lowest BCUT2D eigenvalue weighted by atomic mass is 9.92. The molecule has 0 unspecified atom stereocenters. The van der Waals surface area contributed by atoms with Crippen molar-refractivity contribution in [1.82, 2.24) is 4.57 Å². The molecule has 2 amide bonds. The fourth-order valence-corrected chi connectivity index (χ4v) is 5.50. The molecule has 1 aromatic heterocycles. The van der Waals surface area contributed by atoms with E-state index < -0.39 is 6.09 Å². The van der Waals surface area contributed by atoms with Gasteiger partial charge in [0.1, 0.15) is 12.2 Å². The molecule has 2 saturated carbocycles.